The second kappa shape index (κ2) is 11.0. The summed E-state index contributed by atoms with van der Waals surface area (Å²) < 4.78 is 31.7. The van der Waals surface area contributed by atoms with Gasteiger partial charge in [0.15, 0.2) is 6.61 Å². The van der Waals surface area contributed by atoms with E-state index in [1.54, 1.807) is 0 Å². The number of nitrogens with one attached hydrogen (secondary N) is 3. The molecule has 0 heterocycles. The van der Waals surface area contributed by atoms with Crippen molar-refractivity contribution in [1.82, 2.24) is 15.4 Å². The smallest absolute Gasteiger partial charge is 0.327 e. The lowest BCUT2D eigenvalue weighted by Crippen LogP contribution is -2.46. The van der Waals surface area contributed by atoms with Gasteiger partial charge in [-0.1, -0.05) is 22.9 Å². The molecule has 0 aliphatic carbocycles. The lowest BCUT2D eigenvalue weighted by Gasteiger charge is -2.15. The largest absolute Gasteiger partial charge is 0.454 e. The van der Waals surface area contributed by atoms with Gasteiger partial charge in [-0.2, -0.15) is 4.72 Å². The number of esters is 1. The van der Waals surface area contributed by atoms with Gasteiger partial charge in [0.25, 0.3) is 5.91 Å². The van der Waals surface area contributed by atoms with Gasteiger partial charge in [-0.15, -0.1) is 0 Å². The molecule has 1 aromatic carbocycles. The normalized spacial score (nSPS) is 12.1. The van der Waals surface area contributed by atoms with Crippen LogP contribution in [0.2, 0.25) is 0 Å². The van der Waals surface area contributed by atoms with E-state index in [2.05, 4.69) is 26.0 Å². The lowest BCUT2D eigenvalue weighted by atomic mass is 10.3. The Balaban J connectivity index is 2.60. The molecule has 0 aliphatic heterocycles. The molecule has 150 valence electrons. The maximum absolute atomic E-state index is 12.2. The zero-order chi connectivity index (χ0) is 20.4. The number of sulfonamides is 1. The minimum atomic E-state index is -4.10. The number of hydrogen-bond donors (Lipinski definition) is 4. The first kappa shape index (κ1) is 23.0. The summed E-state index contributed by atoms with van der Waals surface area (Å²) in [7, 11) is -4.10. The zero-order valence-electron chi connectivity index (χ0n) is 14.4. The third-order valence-corrected chi connectivity index (χ3v) is 5.04. The summed E-state index contributed by atoms with van der Waals surface area (Å²) in [6, 6.07) is 3.24. The second-order valence-corrected chi connectivity index (χ2v) is 7.85. The van der Waals surface area contributed by atoms with Crippen molar-refractivity contribution in [2.45, 2.75) is 24.3 Å². The molecule has 1 aromatic rings. The molecule has 1 unspecified atom stereocenters. The number of ether oxygens (including phenoxy) is 1. The molecular weight excluding hydrogens is 446 g/mol. The van der Waals surface area contributed by atoms with Crippen LogP contribution in [-0.4, -0.2) is 57.2 Å². The number of carbonyl (C=O) groups is 3. The van der Waals surface area contributed by atoms with Crippen molar-refractivity contribution < 1.29 is 32.6 Å². The molecule has 12 heteroatoms. The third-order valence-electron chi connectivity index (χ3n) is 3.02. The molecule has 0 aliphatic rings. The third kappa shape index (κ3) is 8.03. The van der Waals surface area contributed by atoms with Gasteiger partial charge in [0.05, 0.1) is 11.5 Å². The lowest BCUT2D eigenvalue weighted by molar-refractivity contribution is -0.150. The molecule has 0 saturated carbocycles. The number of aliphatic hydroxyl groups excluding tert-OH is 1. The molecular formula is C15H20BrN3O7S. The monoisotopic (exact) mass is 465 g/mol. The Labute approximate surface area is 164 Å². The second-order valence-electron chi connectivity index (χ2n) is 5.22. The average molecular weight is 466 g/mol. The van der Waals surface area contributed by atoms with Crippen LogP contribution in [0.1, 0.15) is 13.3 Å². The van der Waals surface area contributed by atoms with E-state index in [1.165, 1.54) is 24.3 Å². The molecule has 0 aromatic heterocycles. The van der Waals surface area contributed by atoms with Gasteiger partial charge in [0.1, 0.15) is 6.04 Å². The number of imide groups is 1. The van der Waals surface area contributed by atoms with Gasteiger partial charge in [-0.05, 0) is 30.7 Å². The Morgan fingerprint density at radius 3 is 2.41 bits per heavy atom. The summed E-state index contributed by atoms with van der Waals surface area (Å²) in [5, 5.41) is 13.6. The quantitative estimate of drug-likeness (QED) is 0.370. The molecule has 0 bridgehead atoms. The number of hydrogen-bond acceptors (Lipinski definition) is 7. The van der Waals surface area contributed by atoms with Crippen molar-refractivity contribution in [3.05, 3.63) is 28.7 Å². The Hall–Kier alpha value is -2.02. The molecule has 0 saturated heterocycles. The summed E-state index contributed by atoms with van der Waals surface area (Å²) in [6.45, 7) is 0.500. The van der Waals surface area contributed by atoms with Gasteiger partial charge in [0.2, 0.25) is 10.0 Å². The highest BCUT2D eigenvalue weighted by atomic mass is 79.9. The molecule has 1 atom stereocenters. The molecule has 0 radical (unpaired) electrons. The van der Waals surface area contributed by atoms with Gasteiger partial charge in [-0.3, -0.25) is 14.9 Å². The van der Waals surface area contributed by atoms with Gasteiger partial charge in [-0.25, -0.2) is 13.2 Å². The van der Waals surface area contributed by atoms with Crippen LogP contribution < -0.4 is 15.4 Å². The Bertz CT molecular complexity index is 768. The Kier molecular flexibility index (Phi) is 9.35. The van der Waals surface area contributed by atoms with Gasteiger partial charge in [0, 0.05) is 11.0 Å². The van der Waals surface area contributed by atoms with Gasteiger partial charge >= 0.3 is 12.0 Å². The van der Waals surface area contributed by atoms with E-state index >= 15 is 0 Å². The first-order valence-corrected chi connectivity index (χ1v) is 10.1. The van der Waals surface area contributed by atoms with Crippen LogP contribution in [0.3, 0.4) is 0 Å². The van der Waals surface area contributed by atoms with E-state index in [0.29, 0.717) is 17.4 Å². The maximum Gasteiger partial charge on any atom is 0.327 e. The fourth-order valence-electron chi connectivity index (χ4n) is 1.71. The standard InChI is InChI=1S/C15H20BrN3O7S/c1-2-7-17-15(23)18-13(21)9-26-14(22)12(8-20)19-27(24,25)11-5-3-10(16)4-6-11/h3-6,12,19-20H,2,7-9H2,1H3,(H2,17,18,21,23). The van der Waals surface area contributed by atoms with Gasteiger partial charge < -0.3 is 15.2 Å². The van der Waals surface area contributed by atoms with Crippen molar-refractivity contribution in [2.75, 3.05) is 19.8 Å². The van der Waals surface area contributed by atoms with Crippen LogP contribution in [0.4, 0.5) is 4.79 Å². The highest BCUT2D eigenvalue weighted by molar-refractivity contribution is 9.10. The van der Waals surface area contributed by atoms with Crippen molar-refractivity contribution in [3.63, 3.8) is 0 Å². The number of urea groups is 1. The van der Waals surface area contributed by atoms with Crippen LogP contribution >= 0.6 is 15.9 Å². The van der Waals surface area contributed by atoms with E-state index in [9.17, 15) is 27.9 Å². The molecule has 4 N–H and O–H groups in total. The van der Waals surface area contributed by atoms with E-state index in [1.807, 2.05) is 17.0 Å². The van der Waals surface area contributed by atoms with Crippen molar-refractivity contribution in [3.8, 4) is 0 Å². The van der Waals surface area contributed by atoms with E-state index in [0.717, 1.165) is 0 Å². The van der Waals surface area contributed by atoms with E-state index < -0.39 is 47.2 Å². The molecule has 0 spiro atoms. The molecule has 1 rings (SSSR count). The summed E-state index contributed by atoms with van der Waals surface area (Å²) in [6.07, 6.45) is 0.674. The summed E-state index contributed by atoms with van der Waals surface area (Å²) in [5.41, 5.74) is 0. The topological polar surface area (TPSA) is 151 Å². The van der Waals surface area contributed by atoms with Crippen LogP contribution in [0.15, 0.2) is 33.6 Å². The number of aliphatic hydroxyl groups is 1. The average Bonchev–Trinajstić information content (AvgIpc) is 2.62. The molecule has 27 heavy (non-hydrogen) atoms. The number of benzene rings is 1. The minimum absolute atomic E-state index is 0.123. The number of halogens is 1. The SMILES string of the molecule is CCCNC(=O)NC(=O)COC(=O)C(CO)NS(=O)(=O)c1ccc(Br)cc1. The van der Waals surface area contributed by atoms with Crippen molar-refractivity contribution in [2.24, 2.45) is 0 Å². The fraction of sp³-hybridized carbons (Fsp3) is 0.400. The molecule has 10 nitrogen and oxygen atoms in total. The van der Waals surface area contributed by atoms with Crippen molar-refractivity contribution in [1.29, 1.82) is 0 Å². The molecule has 3 amide bonds. The number of amides is 3. The highest BCUT2D eigenvalue weighted by Gasteiger charge is 2.27. The van der Waals surface area contributed by atoms with Crippen LogP contribution in [0, 0.1) is 0 Å². The maximum atomic E-state index is 12.2. The summed E-state index contributed by atoms with van der Waals surface area (Å²) >= 11 is 3.17. The number of carbonyl (C=O) groups excluding carboxylic acids is 3. The fourth-order valence-corrected chi connectivity index (χ4v) is 3.15. The van der Waals surface area contributed by atoms with Crippen LogP contribution in [0.5, 0.6) is 0 Å². The Morgan fingerprint density at radius 2 is 1.85 bits per heavy atom. The zero-order valence-corrected chi connectivity index (χ0v) is 16.8. The predicted molar refractivity (Wildman–Crippen MR) is 98.1 cm³/mol. The summed E-state index contributed by atoms with van der Waals surface area (Å²) in [5.74, 6) is -2.06. The van der Waals surface area contributed by atoms with Crippen molar-refractivity contribution >= 4 is 43.9 Å². The first-order valence-electron chi connectivity index (χ1n) is 7.82. The number of rotatable bonds is 9. The predicted octanol–water partition coefficient (Wildman–Crippen LogP) is -0.133. The van der Waals surface area contributed by atoms with Crippen LogP contribution in [0.25, 0.3) is 0 Å². The van der Waals surface area contributed by atoms with E-state index in [-0.39, 0.29) is 4.90 Å². The van der Waals surface area contributed by atoms with E-state index in [4.69, 9.17) is 0 Å². The first-order chi connectivity index (χ1) is 12.7. The van der Waals surface area contributed by atoms with Crippen LogP contribution in [-0.2, 0) is 24.3 Å². The molecule has 0 fully saturated rings. The summed E-state index contributed by atoms with van der Waals surface area (Å²) in [4.78, 5) is 34.6. The Morgan fingerprint density at radius 1 is 1.22 bits per heavy atom. The minimum Gasteiger partial charge on any atom is -0.454 e. The highest BCUT2D eigenvalue weighted by Crippen LogP contribution is 2.15.